The van der Waals surface area contributed by atoms with E-state index in [1.807, 2.05) is 24.3 Å². The van der Waals surface area contributed by atoms with Crippen LogP contribution in [-0.2, 0) is 14.4 Å². The van der Waals surface area contributed by atoms with Crippen LogP contribution in [0.15, 0.2) is 70.0 Å². The van der Waals surface area contributed by atoms with Gasteiger partial charge in [0.2, 0.25) is 0 Å². The maximum atomic E-state index is 15.4. The zero-order chi connectivity index (χ0) is 27.4. The molecular formula is C31H31F2NO5. The summed E-state index contributed by atoms with van der Waals surface area (Å²) in [6, 6.07) is 7.66. The van der Waals surface area contributed by atoms with Crippen LogP contribution in [0, 0.1) is 11.3 Å². The zero-order valence-electron chi connectivity index (χ0n) is 21.9. The third kappa shape index (κ3) is 3.22. The highest BCUT2D eigenvalue weighted by Gasteiger charge is 2.68. The lowest BCUT2D eigenvalue weighted by atomic mass is 9.52. The van der Waals surface area contributed by atoms with Crippen molar-refractivity contribution in [3.8, 4) is 0 Å². The Morgan fingerprint density at radius 2 is 1.90 bits per heavy atom. The third-order valence-corrected chi connectivity index (χ3v) is 9.76. The van der Waals surface area contributed by atoms with E-state index in [4.69, 9.17) is 4.84 Å². The largest absolute Gasteiger partial charge is 0.392 e. The van der Waals surface area contributed by atoms with Crippen molar-refractivity contribution in [1.29, 1.82) is 0 Å². The Hall–Kier alpha value is -2.94. The molecule has 204 valence electrons. The number of nitrogens with zero attached hydrogens (tertiary/aromatic N) is 1. The van der Waals surface area contributed by atoms with E-state index in [9.17, 15) is 24.2 Å². The van der Waals surface area contributed by atoms with Crippen molar-refractivity contribution in [1.82, 2.24) is 0 Å². The van der Waals surface area contributed by atoms with Gasteiger partial charge in [-0.05, 0) is 60.9 Å². The minimum Gasteiger partial charge on any atom is -0.392 e. The van der Waals surface area contributed by atoms with Gasteiger partial charge in [0.1, 0.15) is 12.8 Å². The number of Topliss-reactive ketones (excluding diaryl/α,β-unsaturated/α-hetero) is 1. The van der Waals surface area contributed by atoms with Crippen LogP contribution in [0.1, 0.15) is 57.4 Å². The summed E-state index contributed by atoms with van der Waals surface area (Å²) in [7, 11) is 0. The Kier molecular flexibility index (Phi) is 5.32. The molecule has 8 heteroatoms. The fraction of sp³-hybridized carbons (Fsp3) is 0.484. The molecule has 1 aromatic rings. The first-order valence-electron chi connectivity index (χ1n) is 13.7. The van der Waals surface area contributed by atoms with Gasteiger partial charge in [0.25, 0.3) is 0 Å². The number of aliphatic hydroxyl groups is 2. The molecule has 0 unspecified atom stereocenters. The van der Waals surface area contributed by atoms with E-state index >= 15 is 4.39 Å². The molecule has 1 fully saturated rings. The van der Waals surface area contributed by atoms with Crippen LogP contribution >= 0.6 is 0 Å². The molecule has 0 saturated heterocycles. The number of ketones is 2. The lowest BCUT2D eigenvalue weighted by molar-refractivity contribution is -0.165. The highest BCUT2D eigenvalue weighted by atomic mass is 19.2. The van der Waals surface area contributed by atoms with Crippen LogP contribution in [0.2, 0.25) is 0 Å². The quantitative estimate of drug-likeness (QED) is 0.591. The number of hydroxylamine groups is 1. The molecule has 0 spiro atoms. The molecule has 0 radical (unpaired) electrons. The molecule has 6 aliphatic rings. The second-order valence-electron chi connectivity index (χ2n) is 12.1. The van der Waals surface area contributed by atoms with Gasteiger partial charge >= 0.3 is 0 Å². The van der Waals surface area contributed by atoms with Crippen LogP contribution < -0.4 is 5.06 Å². The van der Waals surface area contributed by atoms with Gasteiger partial charge in [0, 0.05) is 34.5 Å². The van der Waals surface area contributed by atoms with Crippen LogP contribution in [-0.4, -0.2) is 52.4 Å². The van der Waals surface area contributed by atoms with Crippen molar-refractivity contribution >= 4 is 17.3 Å². The first kappa shape index (κ1) is 25.1. The molecular weight excluding hydrogens is 504 g/mol. The molecule has 0 aromatic heterocycles. The fourth-order valence-electron chi connectivity index (χ4n) is 7.50. The van der Waals surface area contributed by atoms with Crippen molar-refractivity contribution < 1.29 is 33.4 Å². The molecule has 6 nitrogen and oxygen atoms in total. The molecule has 7 rings (SSSR count). The highest BCUT2D eigenvalue weighted by molar-refractivity contribution is 6.12. The summed E-state index contributed by atoms with van der Waals surface area (Å²) >= 11 is 0. The molecule has 0 bridgehead atoms. The van der Waals surface area contributed by atoms with Gasteiger partial charge in [-0.2, -0.15) is 0 Å². The van der Waals surface area contributed by atoms with Crippen LogP contribution in [0.25, 0.3) is 0 Å². The monoisotopic (exact) mass is 535 g/mol. The molecule has 2 N–H and O–H groups in total. The second kappa shape index (κ2) is 8.29. The average molecular weight is 536 g/mol. The number of aliphatic hydroxyl groups excluding tert-OH is 2. The Morgan fingerprint density at radius 1 is 1.18 bits per heavy atom. The third-order valence-electron chi connectivity index (χ3n) is 9.76. The molecule has 6 atom stereocenters. The lowest BCUT2D eigenvalue weighted by Gasteiger charge is -2.57. The fourth-order valence-corrected chi connectivity index (χ4v) is 7.50. The van der Waals surface area contributed by atoms with E-state index < -0.39 is 41.9 Å². The van der Waals surface area contributed by atoms with Gasteiger partial charge in [-0.25, -0.2) is 18.7 Å². The van der Waals surface area contributed by atoms with E-state index in [0.717, 1.165) is 12.8 Å². The normalized spacial score (nSPS) is 37.3. The number of carbonyl (C=O) groups excluding carboxylic acids is 2. The molecule has 1 heterocycles. The van der Waals surface area contributed by atoms with Gasteiger partial charge in [-0.3, -0.25) is 9.59 Å². The SMILES string of the molecule is C[C@@H]1C=C2C(=O)C=C3C4=C(C5=C(C4)C[C@H](F)[C@H]5F)N(c4ccc(C5CC5)cc4)O[C@]3(C(=O)CO)[C@@]2(C)C[C@@H]1O. The Morgan fingerprint density at radius 3 is 2.56 bits per heavy atom. The second-order valence-corrected chi connectivity index (χ2v) is 12.1. The highest BCUT2D eigenvalue weighted by Crippen LogP contribution is 2.63. The topological polar surface area (TPSA) is 87.1 Å². The van der Waals surface area contributed by atoms with E-state index in [0.29, 0.717) is 34.0 Å². The molecule has 1 saturated carbocycles. The van der Waals surface area contributed by atoms with E-state index in [1.54, 1.807) is 19.9 Å². The van der Waals surface area contributed by atoms with Crippen molar-refractivity contribution in [2.45, 2.75) is 75.9 Å². The summed E-state index contributed by atoms with van der Waals surface area (Å²) in [5, 5.41) is 22.6. The number of carbonyl (C=O) groups is 2. The number of halogens is 2. The lowest BCUT2D eigenvalue weighted by Crippen LogP contribution is -2.66. The Balaban J connectivity index is 1.48. The van der Waals surface area contributed by atoms with Crippen LogP contribution in [0.5, 0.6) is 0 Å². The number of benzene rings is 1. The molecule has 5 aliphatic carbocycles. The van der Waals surface area contributed by atoms with Crippen LogP contribution in [0.3, 0.4) is 0 Å². The summed E-state index contributed by atoms with van der Waals surface area (Å²) in [5.41, 5.74) is 0.848. The van der Waals surface area contributed by atoms with E-state index in [1.165, 1.54) is 16.7 Å². The predicted molar refractivity (Wildman–Crippen MR) is 139 cm³/mol. The molecule has 1 aliphatic heterocycles. The smallest absolute Gasteiger partial charge is 0.198 e. The Labute approximate surface area is 225 Å². The number of allylic oxidation sites excluding steroid dienone is 3. The van der Waals surface area contributed by atoms with Crippen molar-refractivity contribution in [3.63, 3.8) is 0 Å². The van der Waals surface area contributed by atoms with Gasteiger partial charge in [-0.1, -0.05) is 37.6 Å². The number of rotatable bonds is 4. The summed E-state index contributed by atoms with van der Waals surface area (Å²) < 4.78 is 30.0. The van der Waals surface area contributed by atoms with Crippen molar-refractivity contribution in [3.05, 3.63) is 75.5 Å². The molecule has 0 amide bonds. The number of hydrogen-bond acceptors (Lipinski definition) is 6. The van der Waals surface area contributed by atoms with Crippen molar-refractivity contribution in [2.24, 2.45) is 11.3 Å². The van der Waals surface area contributed by atoms with Gasteiger partial charge < -0.3 is 10.2 Å². The number of alkyl halides is 2. The zero-order valence-corrected chi connectivity index (χ0v) is 21.9. The minimum atomic E-state index is -1.85. The Bertz CT molecular complexity index is 1440. The van der Waals surface area contributed by atoms with Gasteiger partial charge in [0.15, 0.2) is 23.3 Å². The maximum Gasteiger partial charge on any atom is 0.198 e. The van der Waals surface area contributed by atoms with Crippen LogP contribution in [0.4, 0.5) is 14.5 Å². The maximum absolute atomic E-state index is 15.4. The first-order chi connectivity index (χ1) is 18.6. The number of hydrogen-bond donors (Lipinski definition) is 2. The first-order valence-corrected chi connectivity index (χ1v) is 13.7. The summed E-state index contributed by atoms with van der Waals surface area (Å²) in [6.45, 7) is 2.67. The number of fused-ring (bicyclic) bond motifs is 5. The van der Waals surface area contributed by atoms with E-state index in [2.05, 4.69) is 0 Å². The number of anilines is 1. The average Bonchev–Trinajstić information content (AvgIpc) is 3.64. The molecule has 39 heavy (non-hydrogen) atoms. The standard InChI is InChI=1S/C31H31F2NO5/c1-15-9-22-24(36)12-21-20-10-18-11-23(32)28(33)27(18)29(20)34(19-7-5-17(6-8-19)16-3-4-16)39-31(21,26(38)14-35)30(22,2)13-25(15)37/h5-9,12,15-16,23,25,28,35,37H,3-4,10-11,13-14H2,1-2H3/t15-,23+,25+,28-,30+,31-/m1/s1. The minimum absolute atomic E-state index is 0.0529. The van der Waals surface area contributed by atoms with Gasteiger partial charge in [-0.15, -0.1) is 0 Å². The molecule has 1 aromatic carbocycles. The van der Waals surface area contributed by atoms with Crippen molar-refractivity contribution in [2.75, 3.05) is 11.7 Å². The summed E-state index contributed by atoms with van der Waals surface area (Å²) in [4.78, 5) is 34.2. The summed E-state index contributed by atoms with van der Waals surface area (Å²) in [5.74, 6) is -0.775. The summed E-state index contributed by atoms with van der Waals surface area (Å²) in [6.07, 6.45) is 1.09. The van der Waals surface area contributed by atoms with Gasteiger partial charge in [0.05, 0.1) is 17.5 Å². The predicted octanol–water partition coefficient (Wildman–Crippen LogP) is 4.49. The van der Waals surface area contributed by atoms with E-state index in [-0.39, 0.29) is 42.1 Å².